The van der Waals surface area contributed by atoms with Gasteiger partial charge in [0.1, 0.15) is 0 Å². The molecular weight excluding hydrogens is 319 g/mol. The van der Waals surface area contributed by atoms with Gasteiger partial charge in [-0.2, -0.15) is 0 Å². The Balaban J connectivity index is 2.46. The van der Waals surface area contributed by atoms with Crippen molar-refractivity contribution in [2.75, 3.05) is 6.54 Å². The van der Waals surface area contributed by atoms with Crippen LogP contribution in [0.4, 0.5) is 8.78 Å². The van der Waals surface area contributed by atoms with E-state index in [1.54, 1.807) is 0 Å². The van der Waals surface area contributed by atoms with Crippen molar-refractivity contribution in [2.45, 2.75) is 38.9 Å². The van der Waals surface area contributed by atoms with Crippen LogP contribution >= 0.6 is 0 Å². The van der Waals surface area contributed by atoms with Gasteiger partial charge in [-0.15, -0.1) is 0 Å². The molecule has 2 rings (SSSR count). The normalized spacial score (nSPS) is 19.6. The highest BCUT2D eigenvalue weighted by Gasteiger charge is 2.52. The van der Waals surface area contributed by atoms with E-state index in [1.807, 2.05) is 27.7 Å². The molecule has 0 aromatic heterocycles. The summed E-state index contributed by atoms with van der Waals surface area (Å²) >= 11 is 0. The van der Waals surface area contributed by atoms with Crippen LogP contribution in [-0.2, 0) is 9.31 Å². The monoisotopic (exact) mass is 339 g/mol. The minimum absolute atomic E-state index is 0.00318. The third-order valence-electron chi connectivity index (χ3n) is 4.46. The SMILES string of the molecule is CC1(C)OB(C(=Cc2cc(F)c(F)cc2C(=O)O)CN)OC1(C)C. The molecule has 5 nitrogen and oxygen atoms in total. The van der Waals surface area contributed by atoms with Crippen LogP contribution in [0, 0.1) is 11.6 Å². The average molecular weight is 339 g/mol. The Kier molecular flexibility index (Phi) is 4.85. The maximum atomic E-state index is 13.5. The Morgan fingerprint density at radius 2 is 1.71 bits per heavy atom. The van der Waals surface area contributed by atoms with E-state index in [0.717, 1.165) is 6.07 Å². The number of hydrogen-bond acceptors (Lipinski definition) is 4. The lowest BCUT2D eigenvalue weighted by molar-refractivity contribution is 0.00578. The molecule has 1 fully saturated rings. The van der Waals surface area contributed by atoms with Gasteiger partial charge in [-0.05, 0) is 50.9 Å². The van der Waals surface area contributed by atoms with Gasteiger partial charge in [0, 0.05) is 6.54 Å². The van der Waals surface area contributed by atoms with Crippen molar-refractivity contribution in [3.8, 4) is 0 Å². The minimum atomic E-state index is -1.37. The first-order chi connectivity index (χ1) is 11.0. The van der Waals surface area contributed by atoms with E-state index in [-0.39, 0.29) is 17.7 Å². The summed E-state index contributed by atoms with van der Waals surface area (Å²) in [5, 5.41) is 9.19. The number of benzene rings is 1. The highest BCUT2D eigenvalue weighted by molar-refractivity contribution is 6.56. The second-order valence-corrected chi connectivity index (χ2v) is 6.67. The second-order valence-electron chi connectivity index (χ2n) is 6.67. The van der Waals surface area contributed by atoms with Crippen molar-refractivity contribution in [1.29, 1.82) is 0 Å². The molecule has 0 atom stereocenters. The Morgan fingerprint density at radius 1 is 1.21 bits per heavy atom. The van der Waals surface area contributed by atoms with Crippen LogP contribution in [0.25, 0.3) is 6.08 Å². The zero-order valence-electron chi connectivity index (χ0n) is 14.0. The first-order valence-electron chi connectivity index (χ1n) is 7.47. The summed E-state index contributed by atoms with van der Waals surface area (Å²) in [5.41, 5.74) is 4.59. The molecule has 0 aliphatic carbocycles. The molecular formula is C16H20BF2NO4. The summed E-state index contributed by atoms with van der Waals surface area (Å²) < 4.78 is 38.5. The molecule has 1 aliphatic heterocycles. The molecule has 3 N–H and O–H groups in total. The molecule has 1 aliphatic rings. The summed E-state index contributed by atoms with van der Waals surface area (Å²) in [4.78, 5) is 11.3. The Morgan fingerprint density at radius 3 is 2.17 bits per heavy atom. The zero-order valence-corrected chi connectivity index (χ0v) is 14.0. The number of aromatic carboxylic acids is 1. The average Bonchev–Trinajstić information content (AvgIpc) is 2.67. The standard InChI is InChI=1S/C16H20BF2NO4/c1-15(2)16(3,4)24-17(23-15)10(8-20)5-9-6-12(18)13(19)7-11(9)14(21)22/h5-7H,8,20H2,1-4H3,(H,21,22). The number of carboxylic acid groups (broad SMARTS) is 1. The number of rotatable bonds is 4. The third-order valence-corrected chi connectivity index (χ3v) is 4.46. The maximum absolute atomic E-state index is 13.5. The van der Waals surface area contributed by atoms with Crippen LogP contribution in [0.15, 0.2) is 17.6 Å². The number of hydrogen-bond donors (Lipinski definition) is 2. The molecule has 8 heteroatoms. The summed E-state index contributed by atoms with van der Waals surface area (Å²) in [6, 6.07) is 1.46. The zero-order chi connectivity index (χ0) is 18.3. The van der Waals surface area contributed by atoms with E-state index >= 15 is 0 Å². The highest BCUT2D eigenvalue weighted by atomic mass is 19.2. The van der Waals surface area contributed by atoms with Gasteiger partial charge >= 0.3 is 13.1 Å². The first-order valence-corrected chi connectivity index (χ1v) is 7.47. The smallest absolute Gasteiger partial charge is 0.478 e. The van der Waals surface area contributed by atoms with Gasteiger partial charge in [0.2, 0.25) is 0 Å². The molecule has 0 spiro atoms. The van der Waals surface area contributed by atoms with Crippen molar-refractivity contribution < 1.29 is 28.0 Å². The van der Waals surface area contributed by atoms with Crippen LogP contribution in [0.3, 0.4) is 0 Å². The summed E-state index contributed by atoms with van der Waals surface area (Å²) in [5.74, 6) is -3.74. The number of carboxylic acids is 1. The Labute approximate surface area is 139 Å². The fraction of sp³-hybridized carbons (Fsp3) is 0.438. The number of carbonyl (C=O) groups is 1. The van der Waals surface area contributed by atoms with Gasteiger partial charge < -0.3 is 20.1 Å². The van der Waals surface area contributed by atoms with Crippen molar-refractivity contribution in [3.63, 3.8) is 0 Å². The van der Waals surface area contributed by atoms with E-state index in [9.17, 15) is 18.7 Å². The largest absolute Gasteiger partial charge is 0.491 e. The fourth-order valence-corrected chi connectivity index (χ4v) is 2.28. The number of nitrogens with two attached hydrogens (primary N) is 1. The fourth-order valence-electron chi connectivity index (χ4n) is 2.28. The van der Waals surface area contributed by atoms with Gasteiger partial charge in [-0.1, -0.05) is 6.08 Å². The van der Waals surface area contributed by atoms with E-state index in [1.165, 1.54) is 6.08 Å². The Bertz CT molecular complexity index is 688. The molecule has 0 radical (unpaired) electrons. The Hall–Kier alpha value is -1.77. The van der Waals surface area contributed by atoms with E-state index in [2.05, 4.69) is 0 Å². The molecule has 130 valence electrons. The van der Waals surface area contributed by atoms with Crippen LogP contribution in [0.1, 0.15) is 43.6 Å². The van der Waals surface area contributed by atoms with Gasteiger partial charge in [-0.25, -0.2) is 13.6 Å². The lowest BCUT2D eigenvalue weighted by Crippen LogP contribution is -2.41. The van der Waals surface area contributed by atoms with Crippen molar-refractivity contribution >= 4 is 19.2 Å². The molecule has 1 heterocycles. The highest BCUT2D eigenvalue weighted by Crippen LogP contribution is 2.38. The molecule has 1 aromatic rings. The van der Waals surface area contributed by atoms with Gasteiger partial charge in [-0.3, -0.25) is 0 Å². The van der Waals surface area contributed by atoms with Crippen molar-refractivity contribution in [3.05, 3.63) is 40.4 Å². The van der Waals surface area contributed by atoms with E-state index in [4.69, 9.17) is 15.0 Å². The van der Waals surface area contributed by atoms with Crippen molar-refractivity contribution in [1.82, 2.24) is 0 Å². The van der Waals surface area contributed by atoms with Crippen molar-refractivity contribution in [2.24, 2.45) is 5.73 Å². The van der Waals surface area contributed by atoms with E-state index in [0.29, 0.717) is 11.5 Å². The first kappa shape index (κ1) is 18.6. The number of halogens is 2. The van der Waals surface area contributed by atoms with Crippen LogP contribution < -0.4 is 5.73 Å². The van der Waals surface area contributed by atoms with Crippen LogP contribution in [0.5, 0.6) is 0 Å². The molecule has 1 saturated heterocycles. The van der Waals surface area contributed by atoms with Gasteiger partial charge in [0.15, 0.2) is 11.6 Å². The van der Waals surface area contributed by atoms with E-state index < -0.39 is 35.9 Å². The van der Waals surface area contributed by atoms with Crippen LogP contribution in [0.2, 0.25) is 0 Å². The van der Waals surface area contributed by atoms with Gasteiger partial charge in [0.25, 0.3) is 0 Å². The molecule has 0 unspecified atom stereocenters. The quantitative estimate of drug-likeness (QED) is 0.824. The predicted octanol–water partition coefficient (Wildman–Crippen LogP) is 2.64. The predicted molar refractivity (Wildman–Crippen MR) is 86.4 cm³/mol. The summed E-state index contributed by atoms with van der Waals surface area (Å²) in [6.07, 6.45) is 1.37. The summed E-state index contributed by atoms with van der Waals surface area (Å²) in [7, 11) is -0.797. The molecule has 1 aromatic carbocycles. The third kappa shape index (κ3) is 3.36. The van der Waals surface area contributed by atoms with Crippen LogP contribution in [-0.4, -0.2) is 35.9 Å². The maximum Gasteiger partial charge on any atom is 0.491 e. The topological polar surface area (TPSA) is 81.8 Å². The second kappa shape index (κ2) is 6.27. The molecule has 0 bridgehead atoms. The van der Waals surface area contributed by atoms with Gasteiger partial charge in [0.05, 0.1) is 16.8 Å². The lowest BCUT2D eigenvalue weighted by atomic mass is 9.77. The minimum Gasteiger partial charge on any atom is -0.478 e. The molecule has 0 amide bonds. The molecule has 0 saturated carbocycles. The lowest BCUT2D eigenvalue weighted by Gasteiger charge is -2.32. The summed E-state index contributed by atoms with van der Waals surface area (Å²) in [6.45, 7) is 7.46. The molecule has 24 heavy (non-hydrogen) atoms.